The van der Waals surface area contributed by atoms with Crippen molar-refractivity contribution in [3.05, 3.63) is 58.9 Å². The van der Waals surface area contributed by atoms with E-state index in [4.69, 9.17) is 10.7 Å². The molecule has 2 unspecified atom stereocenters. The van der Waals surface area contributed by atoms with Crippen LogP contribution in [0.15, 0.2) is 41.8 Å². The van der Waals surface area contributed by atoms with Crippen LogP contribution in [0.2, 0.25) is 0 Å². The Kier molecular flexibility index (Phi) is 6.84. The Morgan fingerprint density at radius 2 is 1.77 bits per heavy atom. The van der Waals surface area contributed by atoms with Crippen LogP contribution in [-0.2, 0) is 0 Å². The number of anilines is 4. The number of aromatic nitrogens is 4. The SMILES string of the molecule is CN1CCN(C2CCN(c3ccc(Nc4nc(N)n(-c5cc(-c6cccs6)c6c(n5)C5CCC6C5)n4)cc3F)CC2)CC1. The van der Waals surface area contributed by atoms with Crippen LogP contribution in [0.1, 0.15) is 55.2 Å². The Morgan fingerprint density at radius 1 is 0.953 bits per heavy atom. The summed E-state index contributed by atoms with van der Waals surface area (Å²) in [5.74, 6) is 2.08. The van der Waals surface area contributed by atoms with Gasteiger partial charge in [-0.2, -0.15) is 9.67 Å². The van der Waals surface area contributed by atoms with Crippen LogP contribution in [0.4, 0.5) is 27.7 Å². The van der Waals surface area contributed by atoms with E-state index in [1.165, 1.54) is 47.0 Å². The average molecular weight is 600 g/mol. The molecule has 0 radical (unpaired) electrons. The number of fused-ring (bicyclic) bond motifs is 5. The molecule has 9 nitrogen and oxygen atoms in total. The first kappa shape index (κ1) is 27.0. The summed E-state index contributed by atoms with van der Waals surface area (Å²) in [6.45, 7) is 6.25. The number of nitrogens with two attached hydrogens (primary N) is 1. The van der Waals surface area contributed by atoms with Gasteiger partial charge in [0.2, 0.25) is 11.9 Å². The fourth-order valence-electron chi connectivity index (χ4n) is 7.71. The summed E-state index contributed by atoms with van der Waals surface area (Å²) < 4.78 is 17.0. The second kappa shape index (κ2) is 10.9. The van der Waals surface area contributed by atoms with Crippen molar-refractivity contribution in [2.75, 3.05) is 62.3 Å². The predicted molar refractivity (Wildman–Crippen MR) is 170 cm³/mol. The number of benzene rings is 1. The molecule has 3 aromatic heterocycles. The van der Waals surface area contributed by atoms with Crippen molar-refractivity contribution < 1.29 is 4.39 Å². The van der Waals surface area contributed by atoms with E-state index in [0.717, 1.165) is 52.1 Å². The molecule has 4 aliphatic rings. The molecule has 5 heterocycles. The zero-order valence-corrected chi connectivity index (χ0v) is 25.4. The molecular formula is C32H38FN9S. The zero-order chi connectivity index (χ0) is 29.1. The molecule has 3 N–H and O–H groups in total. The third kappa shape index (κ3) is 4.97. The number of rotatable bonds is 6. The average Bonchev–Trinajstić information content (AvgIpc) is 3.83. The lowest BCUT2D eigenvalue weighted by Crippen LogP contribution is -2.52. The fraction of sp³-hybridized carbons (Fsp3) is 0.469. The molecule has 2 bridgehead atoms. The lowest BCUT2D eigenvalue weighted by atomic mass is 9.91. The van der Waals surface area contributed by atoms with Crippen molar-refractivity contribution in [2.45, 2.75) is 50.0 Å². The minimum absolute atomic E-state index is 0.244. The number of hydrogen-bond acceptors (Lipinski definition) is 9. The minimum atomic E-state index is -0.244. The van der Waals surface area contributed by atoms with Crippen LogP contribution in [0.25, 0.3) is 16.3 Å². The monoisotopic (exact) mass is 599 g/mol. The maximum Gasteiger partial charge on any atom is 0.248 e. The standard InChI is InChI=1S/C32H38FN9S/c1-39-12-14-40(15-13-39)23-8-10-41(11-9-23)26-7-6-22(18-25(26)33)35-32-37-31(34)42(38-32)28-19-24(27-3-2-16-43-27)29-20-4-5-21(17-20)30(29)36-28/h2-3,6-7,16,18-21,23H,4-5,8-15,17H2,1H3,(H3,34,35,37,38). The summed E-state index contributed by atoms with van der Waals surface area (Å²) in [6.07, 6.45) is 5.74. The van der Waals surface area contributed by atoms with Crippen LogP contribution in [0.3, 0.4) is 0 Å². The number of nitrogens with zero attached hydrogens (tertiary/aromatic N) is 7. The van der Waals surface area contributed by atoms with Crippen LogP contribution < -0.4 is 16.0 Å². The van der Waals surface area contributed by atoms with Gasteiger partial charge in [0.05, 0.1) is 11.4 Å². The van der Waals surface area contributed by atoms with Crippen molar-refractivity contribution >= 4 is 34.6 Å². The van der Waals surface area contributed by atoms with Crippen LogP contribution >= 0.6 is 11.3 Å². The van der Waals surface area contributed by atoms with Crippen LogP contribution in [0.5, 0.6) is 0 Å². The van der Waals surface area contributed by atoms with Crippen molar-refractivity contribution in [2.24, 2.45) is 0 Å². The lowest BCUT2D eigenvalue weighted by molar-refractivity contribution is 0.0981. The van der Waals surface area contributed by atoms with E-state index >= 15 is 4.39 Å². The van der Waals surface area contributed by atoms with Gasteiger partial charge in [-0.25, -0.2) is 9.37 Å². The molecule has 0 spiro atoms. The van der Waals surface area contributed by atoms with Gasteiger partial charge in [0.15, 0.2) is 5.82 Å². The topological polar surface area (TPSA) is 91.4 Å². The highest BCUT2D eigenvalue weighted by Gasteiger charge is 2.40. The maximum absolute atomic E-state index is 15.4. The number of thiophene rings is 1. The summed E-state index contributed by atoms with van der Waals surface area (Å²) in [7, 11) is 2.19. The van der Waals surface area contributed by atoms with Crippen molar-refractivity contribution in [1.82, 2.24) is 29.5 Å². The second-order valence-corrected chi connectivity index (χ2v) is 13.5. The highest BCUT2D eigenvalue weighted by atomic mass is 32.1. The van der Waals surface area contributed by atoms with E-state index in [1.807, 2.05) is 12.1 Å². The number of nitrogens with one attached hydrogen (secondary N) is 1. The van der Waals surface area contributed by atoms with E-state index in [0.29, 0.717) is 41.0 Å². The molecule has 43 heavy (non-hydrogen) atoms. The van der Waals surface area contributed by atoms with Gasteiger partial charge in [-0.05, 0) is 86.3 Å². The third-order valence-corrected chi connectivity index (χ3v) is 10.9. The van der Waals surface area contributed by atoms with Gasteiger partial charge in [-0.3, -0.25) is 4.90 Å². The number of nitrogen functional groups attached to an aromatic ring is 1. The second-order valence-electron chi connectivity index (χ2n) is 12.6. The molecule has 2 atom stereocenters. The zero-order valence-electron chi connectivity index (χ0n) is 24.5. The molecule has 4 aromatic rings. The van der Waals surface area contributed by atoms with Gasteiger partial charge >= 0.3 is 0 Å². The number of piperidine rings is 1. The van der Waals surface area contributed by atoms with Crippen LogP contribution in [-0.4, -0.2) is 81.9 Å². The first-order valence-corrected chi connectivity index (χ1v) is 16.4. The minimum Gasteiger partial charge on any atom is -0.369 e. The number of hydrogen-bond donors (Lipinski definition) is 2. The normalized spacial score (nSPS) is 22.8. The fourth-order valence-corrected chi connectivity index (χ4v) is 8.47. The summed E-state index contributed by atoms with van der Waals surface area (Å²) in [6, 6.07) is 12.2. The Balaban J connectivity index is 0.986. The largest absolute Gasteiger partial charge is 0.369 e. The predicted octanol–water partition coefficient (Wildman–Crippen LogP) is 5.44. The number of piperazine rings is 1. The molecule has 11 heteroatoms. The number of halogens is 1. The van der Waals surface area contributed by atoms with Gasteiger partial charge in [0.1, 0.15) is 5.82 Å². The third-order valence-electron chi connectivity index (χ3n) is 10.0. The van der Waals surface area contributed by atoms with Gasteiger partial charge in [-0.1, -0.05) is 6.07 Å². The maximum atomic E-state index is 15.4. The number of pyridine rings is 1. The highest BCUT2D eigenvalue weighted by molar-refractivity contribution is 7.13. The lowest BCUT2D eigenvalue weighted by Gasteiger charge is -2.42. The molecule has 8 rings (SSSR count). The van der Waals surface area contributed by atoms with E-state index in [9.17, 15) is 0 Å². The van der Waals surface area contributed by atoms with Gasteiger partial charge in [-0.15, -0.1) is 16.4 Å². The molecule has 1 saturated carbocycles. The smallest absolute Gasteiger partial charge is 0.248 e. The Labute approximate surface area is 255 Å². The van der Waals surface area contributed by atoms with Crippen LogP contribution in [0, 0.1) is 5.82 Å². The van der Waals surface area contributed by atoms with Gasteiger partial charge in [0.25, 0.3) is 0 Å². The summed E-state index contributed by atoms with van der Waals surface area (Å²) in [4.78, 5) is 17.9. The quantitative estimate of drug-likeness (QED) is 0.303. The molecule has 224 valence electrons. The first-order chi connectivity index (χ1) is 21.0. The summed E-state index contributed by atoms with van der Waals surface area (Å²) in [5.41, 5.74) is 11.4. The highest BCUT2D eigenvalue weighted by Crippen LogP contribution is 2.55. The Morgan fingerprint density at radius 3 is 2.53 bits per heavy atom. The van der Waals surface area contributed by atoms with Crippen molar-refractivity contribution in [3.8, 4) is 16.3 Å². The van der Waals surface area contributed by atoms with E-state index in [2.05, 4.69) is 60.7 Å². The summed E-state index contributed by atoms with van der Waals surface area (Å²) >= 11 is 1.74. The van der Waals surface area contributed by atoms with Crippen molar-refractivity contribution in [1.29, 1.82) is 0 Å². The van der Waals surface area contributed by atoms with Crippen molar-refractivity contribution in [3.63, 3.8) is 0 Å². The first-order valence-electron chi connectivity index (χ1n) is 15.6. The molecule has 2 aliphatic carbocycles. The summed E-state index contributed by atoms with van der Waals surface area (Å²) in [5, 5.41) is 9.93. The number of likely N-dealkylation sites (N-methyl/N-ethyl adjacent to an activating group) is 1. The molecule has 1 aromatic carbocycles. The molecule has 3 fully saturated rings. The van der Waals surface area contributed by atoms with Gasteiger partial charge in [0, 0.05) is 67.4 Å². The molecule has 2 saturated heterocycles. The van der Waals surface area contributed by atoms with E-state index in [1.54, 1.807) is 16.0 Å². The molecule has 0 amide bonds. The van der Waals surface area contributed by atoms with E-state index < -0.39 is 0 Å². The Bertz CT molecular complexity index is 1620. The van der Waals surface area contributed by atoms with E-state index in [-0.39, 0.29) is 11.8 Å². The Hall–Kier alpha value is -3.54. The molecule has 2 aliphatic heterocycles. The van der Waals surface area contributed by atoms with Gasteiger partial charge < -0.3 is 20.9 Å². The molecular weight excluding hydrogens is 561 g/mol.